The molecule has 2 rings (SSSR count). The molecule has 4 N–H and O–H groups in total. The van der Waals surface area contributed by atoms with Gasteiger partial charge >= 0.3 is 5.97 Å². The molecule has 0 aliphatic heterocycles. The van der Waals surface area contributed by atoms with Gasteiger partial charge in [0.15, 0.2) is 0 Å². The van der Waals surface area contributed by atoms with Gasteiger partial charge in [-0.1, -0.05) is 18.2 Å². The highest BCUT2D eigenvalue weighted by molar-refractivity contribution is 6.27. The molecule has 1 atom stereocenters. The number of amides is 1. The standard InChI is InChI=1S/C8H8ClNO4.C7H6O2/c9-3-6(13)10-7-4(11)1-2-5(12)8(7)14;8-7(9)6-4-2-1-3-5-6/h1-2,5,11-12H,3H2,(H,10,13);1-5H,(H,8,9). The minimum Gasteiger partial charge on any atom is -0.506 e. The molecule has 0 spiro atoms. The first-order valence-electron chi connectivity index (χ1n) is 6.34. The zero-order valence-corrected chi connectivity index (χ0v) is 12.5. The van der Waals surface area contributed by atoms with Gasteiger partial charge in [-0.05, 0) is 24.3 Å². The third kappa shape index (κ3) is 5.57. The largest absolute Gasteiger partial charge is 0.506 e. The minimum atomic E-state index is -1.34. The van der Waals surface area contributed by atoms with Crippen LogP contribution in [0.4, 0.5) is 0 Å². The predicted octanol–water partition coefficient (Wildman–Crippen LogP) is 0.996. The molecular weight excluding hydrogens is 326 g/mol. The van der Waals surface area contributed by atoms with E-state index >= 15 is 0 Å². The molecular formula is C15H14ClNO6. The molecule has 1 aliphatic rings. The first kappa shape index (κ1) is 18.4. The van der Waals surface area contributed by atoms with E-state index in [2.05, 4.69) is 5.32 Å². The number of aliphatic hydroxyl groups excluding tert-OH is 2. The number of rotatable bonds is 3. The average molecular weight is 340 g/mol. The van der Waals surface area contributed by atoms with Crippen LogP contribution in [0.1, 0.15) is 10.4 Å². The Labute approximate surface area is 136 Å². The second kappa shape index (κ2) is 8.72. The summed E-state index contributed by atoms with van der Waals surface area (Å²) in [6.45, 7) is 0. The molecule has 1 aromatic rings. The number of benzene rings is 1. The quantitative estimate of drug-likeness (QED) is 0.609. The Kier molecular flexibility index (Phi) is 6.98. The third-order valence-electron chi connectivity index (χ3n) is 2.61. The van der Waals surface area contributed by atoms with Crippen molar-refractivity contribution in [2.45, 2.75) is 6.10 Å². The molecule has 0 radical (unpaired) electrons. The van der Waals surface area contributed by atoms with Crippen LogP contribution in [0.2, 0.25) is 0 Å². The van der Waals surface area contributed by atoms with E-state index in [4.69, 9.17) is 21.8 Å². The maximum absolute atomic E-state index is 11.2. The Balaban J connectivity index is 0.000000253. The summed E-state index contributed by atoms with van der Waals surface area (Å²) in [5, 5.41) is 28.8. The number of hydrogen-bond donors (Lipinski definition) is 4. The summed E-state index contributed by atoms with van der Waals surface area (Å²) < 4.78 is 0. The van der Waals surface area contributed by atoms with Crippen molar-refractivity contribution in [3.8, 4) is 0 Å². The summed E-state index contributed by atoms with van der Waals surface area (Å²) in [5.41, 5.74) is 0.00292. The minimum absolute atomic E-state index is 0.328. The van der Waals surface area contributed by atoms with Gasteiger partial charge < -0.3 is 20.6 Å². The first-order chi connectivity index (χ1) is 10.9. The van der Waals surface area contributed by atoms with Gasteiger partial charge in [-0.2, -0.15) is 0 Å². The van der Waals surface area contributed by atoms with Crippen molar-refractivity contribution in [3.63, 3.8) is 0 Å². The van der Waals surface area contributed by atoms with Crippen molar-refractivity contribution >= 4 is 29.3 Å². The van der Waals surface area contributed by atoms with Gasteiger partial charge in [0.1, 0.15) is 23.4 Å². The van der Waals surface area contributed by atoms with Crippen LogP contribution in [0.3, 0.4) is 0 Å². The number of alkyl halides is 1. The lowest BCUT2D eigenvalue weighted by Gasteiger charge is -2.14. The van der Waals surface area contributed by atoms with Crippen molar-refractivity contribution in [1.82, 2.24) is 5.32 Å². The van der Waals surface area contributed by atoms with Gasteiger partial charge in [-0.3, -0.25) is 9.59 Å². The number of aromatic carboxylic acids is 1. The fourth-order valence-electron chi connectivity index (χ4n) is 1.51. The molecule has 122 valence electrons. The van der Waals surface area contributed by atoms with Crippen LogP contribution in [0.25, 0.3) is 0 Å². The van der Waals surface area contributed by atoms with E-state index in [9.17, 15) is 19.5 Å². The molecule has 0 saturated carbocycles. The number of carboxylic acid groups (broad SMARTS) is 1. The fraction of sp³-hybridized carbons (Fsp3) is 0.133. The molecule has 1 aliphatic carbocycles. The monoisotopic (exact) mass is 339 g/mol. The molecule has 0 aromatic heterocycles. The van der Waals surface area contributed by atoms with E-state index < -0.39 is 29.5 Å². The van der Waals surface area contributed by atoms with Crippen molar-refractivity contribution in [3.05, 3.63) is 59.5 Å². The third-order valence-corrected chi connectivity index (χ3v) is 2.86. The average Bonchev–Trinajstić information content (AvgIpc) is 2.56. The van der Waals surface area contributed by atoms with Gasteiger partial charge in [0.25, 0.3) is 0 Å². The van der Waals surface area contributed by atoms with Crippen molar-refractivity contribution in [2.75, 3.05) is 5.88 Å². The van der Waals surface area contributed by atoms with Gasteiger partial charge in [-0.25, -0.2) is 4.79 Å². The first-order valence-corrected chi connectivity index (χ1v) is 6.88. The summed E-state index contributed by atoms with van der Waals surface area (Å²) in [4.78, 5) is 32.2. The van der Waals surface area contributed by atoms with Crippen molar-refractivity contribution < 1.29 is 29.7 Å². The Morgan fingerprint density at radius 3 is 2.30 bits per heavy atom. The lowest BCUT2D eigenvalue weighted by molar-refractivity contribution is -0.125. The number of carboxylic acids is 1. The van der Waals surface area contributed by atoms with Crippen LogP contribution >= 0.6 is 11.6 Å². The van der Waals surface area contributed by atoms with E-state index in [-0.39, 0.29) is 11.6 Å². The topological polar surface area (TPSA) is 124 Å². The van der Waals surface area contributed by atoms with Crippen LogP contribution in [-0.2, 0) is 9.59 Å². The smallest absolute Gasteiger partial charge is 0.335 e. The van der Waals surface area contributed by atoms with Crippen molar-refractivity contribution in [1.29, 1.82) is 0 Å². The maximum Gasteiger partial charge on any atom is 0.335 e. The van der Waals surface area contributed by atoms with Gasteiger partial charge in [-0.15, -0.1) is 11.6 Å². The molecule has 0 saturated heterocycles. The van der Waals surface area contributed by atoms with Crippen LogP contribution in [0, 0.1) is 0 Å². The molecule has 0 bridgehead atoms. The number of nitrogens with one attached hydrogen (secondary N) is 1. The van der Waals surface area contributed by atoms with E-state index in [1.165, 1.54) is 0 Å². The van der Waals surface area contributed by atoms with E-state index in [0.717, 1.165) is 12.2 Å². The highest BCUT2D eigenvalue weighted by atomic mass is 35.5. The number of ketones is 1. The number of Topliss-reactive ketones (excluding diaryl/α,β-unsaturated/α-hetero) is 1. The molecule has 1 unspecified atom stereocenters. The highest BCUT2D eigenvalue weighted by Crippen LogP contribution is 2.11. The fourth-order valence-corrected chi connectivity index (χ4v) is 1.57. The predicted molar refractivity (Wildman–Crippen MR) is 82.1 cm³/mol. The Bertz CT molecular complexity index is 653. The van der Waals surface area contributed by atoms with Crippen molar-refractivity contribution in [2.24, 2.45) is 0 Å². The number of carbonyl (C=O) groups is 3. The Hall–Kier alpha value is -2.64. The van der Waals surface area contributed by atoms with E-state index in [0.29, 0.717) is 5.56 Å². The summed E-state index contributed by atoms with van der Waals surface area (Å²) in [5.74, 6) is -2.98. The molecule has 7 nitrogen and oxygen atoms in total. The zero-order valence-electron chi connectivity index (χ0n) is 11.8. The summed E-state index contributed by atoms with van der Waals surface area (Å²) in [7, 11) is 0. The van der Waals surface area contributed by atoms with Gasteiger partial charge in [0, 0.05) is 0 Å². The SMILES string of the molecule is O=C(CCl)NC1=C(O)C=CC(O)C1=O.O=C(O)c1ccccc1. The molecule has 23 heavy (non-hydrogen) atoms. The second-order valence-electron chi connectivity index (χ2n) is 4.28. The number of allylic oxidation sites excluding steroid dienone is 1. The number of carbonyl (C=O) groups excluding carboxylic acids is 2. The highest BCUT2D eigenvalue weighted by Gasteiger charge is 2.25. The van der Waals surface area contributed by atoms with Crippen LogP contribution < -0.4 is 5.32 Å². The second-order valence-corrected chi connectivity index (χ2v) is 4.55. The molecule has 1 amide bonds. The number of hydrogen-bond acceptors (Lipinski definition) is 5. The normalized spacial score (nSPS) is 16.4. The Morgan fingerprint density at radius 2 is 1.83 bits per heavy atom. The summed E-state index contributed by atoms with van der Waals surface area (Å²) in [6.07, 6.45) is 0.917. The molecule has 1 aromatic carbocycles. The number of halogens is 1. The molecule has 0 fully saturated rings. The maximum atomic E-state index is 11.2. The summed E-state index contributed by atoms with van der Waals surface area (Å²) in [6, 6.07) is 8.30. The van der Waals surface area contributed by atoms with E-state index in [1.807, 2.05) is 0 Å². The lowest BCUT2D eigenvalue weighted by atomic mass is 10.1. The van der Waals surface area contributed by atoms with Crippen LogP contribution in [0.15, 0.2) is 53.9 Å². The molecule has 0 heterocycles. The molecule has 8 heteroatoms. The summed E-state index contributed by atoms with van der Waals surface area (Å²) >= 11 is 5.19. The van der Waals surface area contributed by atoms with Crippen LogP contribution in [-0.4, -0.2) is 45.0 Å². The van der Waals surface area contributed by atoms with Crippen LogP contribution in [0.5, 0.6) is 0 Å². The Morgan fingerprint density at radius 1 is 1.22 bits per heavy atom. The van der Waals surface area contributed by atoms with E-state index in [1.54, 1.807) is 30.3 Å². The lowest BCUT2D eigenvalue weighted by Crippen LogP contribution is -2.35. The zero-order chi connectivity index (χ0) is 17.4. The van der Waals surface area contributed by atoms with Gasteiger partial charge in [0.2, 0.25) is 11.7 Å². The van der Waals surface area contributed by atoms with Gasteiger partial charge in [0.05, 0.1) is 5.56 Å². The number of aliphatic hydroxyl groups is 2.